The first-order valence-corrected chi connectivity index (χ1v) is 6.69. The number of rotatable bonds is 4. The summed E-state index contributed by atoms with van der Waals surface area (Å²) >= 11 is 5.18. The van der Waals surface area contributed by atoms with E-state index >= 15 is 0 Å². The van der Waals surface area contributed by atoms with Crippen molar-refractivity contribution in [3.63, 3.8) is 0 Å². The Kier molecular flexibility index (Phi) is 5.20. The van der Waals surface area contributed by atoms with E-state index in [0.717, 1.165) is 11.3 Å². The molecule has 0 radical (unpaired) electrons. The van der Waals surface area contributed by atoms with E-state index in [9.17, 15) is 0 Å². The van der Waals surface area contributed by atoms with Gasteiger partial charge in [-0.15, -0.1) is 0 Å². The van der Waals surface area contributed by atoms with Crippen LogP contribution < -0.4 is 10.7 Å². The Bertz CT molecular complexity index is 581. The summed E-state index contributed by atoms with van der Waals surface area (Å²) in [6.07, 6.45) is 3.50. The van der Waals surface area contributed by atoms with Gasteiger partial charge < -0.3 is 5.32 Å². The van der Waals surface area contributed by atoms with Crippen LogP contribution in [-0.2, 0) is 6.54 Å². The molecule has 1 heterocycles. The van der Waals surface area contributed by atoms with E-state index in [-0.39, 0.29) is 0 Å². The fourth-order valence-electron chi connectivity index (χ4n) is 1.59. The highest BCUT2D eigenvalue weighted by molar-refractivity contribution is 7.80. The summed E-state index contributed by atoms with van der Waals surface area (Å²) in [5.74, 6) is 0. The average Bonchev–Trinajstić information content (AvgIpc) is 2.52. The molecule has 0 amide bonds. The second-order valence-electron chi connectivity index (χ2n) is 4.22. The minimum Gasteiger partial charge on any atom is -0.357 e. The van der Waals surface area contributed by atoms with Crippen molar-refractivity contribution in [2.24, 2.45) is 5.10 Å². The van der Waals surface area contributed by atoms with E-state index in [1.807, 2.05) is 49.4 Å². The number of hydrazone groups is 1. The Morgan fingerprint density at radius 1 is 1.20 bits per heavy atom. The molecule has 0 aliphatic heterocycles. The molecule has 1 aromatic heterocycles. The molecule has 0 unspecified atom stereocenters. The zero-order chi connectivity index (χ0) is 14.2. The molecule has 0 aliphatic carbocycles. The van der Waals surface area contributed by atoms with Gasteiger partial charge in [0.15, 0.2) is 5.11 Å². The van der Waals surface area contributed by atoms with Gasteiger partial charge in [-0.05, 0) is 30.8 Å². The van der Waals surface area contributed by atoms with E-state index in [1.54, 1.807) is 12.4 Å². The average molecular weight is 284 g/mol. The van der Waals surface area contributed by atoms with Gasteiger partial charge in [-0.2, -0.15) is 5.10 Å². The molecule has 4 nitrogen and oxygen atoms in total. The van der Waals surface area contributed by atoms with Crippen LogP contribution in [0.2, 0.25) is 0 Å². The van der Waals surface area contributed by atoms with Gasteiger partial charge in [-0.3, -0.25) is 10.4 Å². The van der Waals surface area contributed by atoms with Crippen molar-refractivity contribution >= 4 is 23.0 Å². The third kappa shape index (κ3) is 4.44. The fourth-order valence-corrected chi connectivity index (χ4v) is 1.71. The maximum Gasteiger partial charge on any atom is 0.187 e. The second kappa shape index (κ2) is 7.35. The lowest BCUT2D eigenvalue weighted by molar-refractivity contribution is 0.866. The van der Waals surface area contributed by atoms with Crippen molar-refractivity contribution in [2.45, 2.75) is 13.5 Å². The molecular weight excluding hydrogens is 268 g/mol. The van der Waals surface area contributed by atoms with Crippen molar-refractivity contribution < 1.29 is 0 Å². The SMILES string of the molecule is CC(=NNC(=S)NCc1ccccc1)c1cccnc1. The summed E-state index contributed by atoms with van der Waals surface area (Å²) in [4.78, 5) is 4.05. The molecule has 2 N–H and O–H groups in total. The van der Waals surface area contributed by atoms with Crippen LogP contribution in [0.4, 0.5) is 0 Å². The molecule has 20 heavy (non-hydrogen) atoms. The van der Waals surface area contributed by atoms with Crippen LogP contribution >= 0.6 is 12.2 Å². The summed E-state index contributed by atoms with van der Waals surface area (Å²) in [6.45, 7) is 2.58. The van der Waals surface area contributed by atoms with Crippen LogP contribution in [-0.4, -0.2) is 15.8 Å². The van der Waals surface area contributed by atoms with Gasteiger partial charge in [0, 0.05) is 24.5 Å². The lowest BCUT2D eigenvalue weighted by atomic mass is 10.2. The van der Waals surface area contributed by atoms with Crippen LogP contribution in [0.25, 0.3) is 0 Å². The molecule has 0 fully saturated rings. The summed E-state index contributed by atoms with van der Waals surface area (Å²) in [7, 11) is 0. The van der Waals surface area contributed by atoms with E-state index in [2.05, 4.69) is 20.8 Å². The van der Waals surface area contributed by atoms with Gasteiger partial charge in [-0.1, -0.05) is 36.4 Å². The quantitative estimate of drug-likeness (QED) is 0.514. The number of hydrogen-bond acceptors (Lipinski definition) is 3. The number of nitrogens with one attached hydrogen (secondary N) is 2. The van der Waals surface area contributed by atoms with Crippen molar-refractivity contribution in [3.05, 3.63) is 66.0 Å². The lowest BCUT2D eigenvalue weighted by Crippen LogP contribution is -2.32. The van der Waals surface area contributed by atoms with Crippen LogP contribution in [0, 0.1) is 0 Å². The van der Waals surface area contributed by atoms with Gasteiger partial charge in [0.2, 0.25) is 0 Å². The van der Waals surface area contributed by atoms with E-state index < -0.39 is 0 Å². The van der Waals surface area contributed by atoms with Gasteiger partial charge in [0.05, 0.1) is 5.71 Å². The number of thiocarbonyl (C=S) groups is 1. The van der Waals surface area contributed by atoms with Crippen molar-refractivity contribution in [3.8, 4) is 0 Å². The van der Waals surface area contributed by atoms with Gasteiger partial charge in [0.1, 0.15) is 0 Å². The summed E-state index contributed by atoms with van der Waals surface area (Å²) < 4.78 is 0. The Hall–Kier alpha value is -2.27. The van der Waals surface area contributed by atoms with Gasteiger partial charge in [-0.25, -0.2) is 0 Å². The van der Waals surface area contributed by atoms with Crippen LogP contribution in [0.1, 0.15) is 18.1 Å². The summed E-state index contributed by atoms with van der Waals surface area (Å²) in [5, 5.41) is 7.83. The molecule has 5 heteroatoms. The molecule has 0 saturated carbocycles. The number of benzene rings is 1. The van der Waals surface area contributed by atoms with Gasteiger partial charge >= 0.3 is 0 Å². The van der Waals surface area contributed by atoms with Gasteiger partial charge in [0.25, 0.3) is 0 Å². The molecule has 1 aromatic carbocycles. The van der Waals surface area contributed by atoms with Crippen LogP contribution in [0.5, 0.6) is 0 Å². The highest BCUT2D eigenvalue weighted by Gasteiger charge is 1.98. The largest absolute Gasteiger partial charge is 0.357 e. The zero-order valence-corrected chi connectivity index (χ0v) is 12.0. The minimum absolute atomic E-state index is 0.497. The number of hydrogen-bond donors (Lipinski definition) is 2. The molecule has 2 rings (SSSR count). The molecule has 0 aliphatic rings. The second-order valence-corrected chi connectivity index (χ2v) is 4.63. The topological polar surface area (TPSA) is 49.3 Å². The number of pyridine rings is 1. The molecule has 2 aromatic rings. The maximum atomic E-state index is 5.18. The predicted octanol–water partition coefficient (Wildman–Crippen LogP) is 2.47. The lowest BCUT2D eigenvalue weighted by Gasteiger charge is -2.08. The maximum absolute atomic E-state index is 5.18. The Labute approximate surface area is 123 Å². The summed E-state index contributed by atoms with van der Waals surface area (Å²) in [5.41, 5.74) is 5.80. The minimum atomic E-state index is 0.497. The number of aromatic nitrogens is 1. The Balaban J connectivity index is 1.83. The summed E-state index contributed by atoms with van der Waals surface area (Å²) in [6, 6.07) is 13.9. The van der Waals surface area contributed by atoms with Crippen LogP contribution in [0.15, 0.2) is 60.0 Å². The first-order chi connectivity index (χ1) is 9.75. The molecular formula is C15H16N4S. The normalized spacial score (nSPS) is 10.9. The van der Waals surface area contributed by atoms with E-state index in [4.69, 9.17) is 12.2 Å². The Morgan fingerprint density at radius 2 is 2.00 bits per heavy atom. The number of nitrogens with zero attached hydrogens (tertiary/aromatic N) is 2. The zero-order valence-electron chi connectivity index (χ0n) is 11.2. The first-order valence-electron chi connectivity index (χ1n) is 6.28. The highest BCUT2D eigenvalue weighted by atomic mass is 32.1. The Morgan fingerprint density at radius 3 is 2.70 bits per heavy atom. The molecule has 0 spiro atoms. The van der Waals surface area contributed by atoms with Crippen molar-refractivity contribution in [1.29, 1.82) is 0 Å². The third-order valence-corrected chi connectivity index (χ3v) is 2.94. The van der Waals surface area contributed by atoms with E-state index in [0.29, 0.717) is 11.7 Å². The van der Waals surface area contributed by atoms with Crippen LogP contribution in [0.3, 0.4) is 0 Å². The fraction of sp³-hybridized carbons (Fsp3) is 0.133. The standard InChI is InChI=1S/C15H16N4S/c1-12(14-8-5-9-16-11-14)18-19-15(20)17-10-13-6-3-2-4-7-13/h2-9,11H,10H2,1H3,(H2,17,19,20). The monoisotopic (exact) mass is 284 g/mol. The molecule has 0 atom stereocenters. The molecule has 0 bridgehead atoms. The highest BCUT2D eigenvalue weighted by Crippen LogP contribution is 1.98. The molecule has 0 saturated heterocycles. The van der Waals surface area contributed by atoms with E-state index in [1.165, 1.54) is 5.56 Å². The first kappa shape index (κ1) is 14.1. The van der Waals surface area contributed by atoms with Crippen molar-refractivity contribution in [1.82, 2.24) is 15.7 Å². The van der Waals surface area contributed by atoms with Crippen molar-refractivity contribution in [2.75, 3.05) is 0 Å². The molecule has 102 valence electrons. The third-order valence-electron chi connectivity index (χ3n) is 2.70. The predicted molar refractivity (Wildman–Crippen MR) is 85.5 cm³/mol. The smallest absolute Gasteiger partial charge is 0.187 e.